The van der Waals surface area contributed by atoms with E-state index in [9.17, 15) is 4.79 Å². The number of aliphatic carboxylic acids is 1. The normalized spacial score (nSPS) is 12.8. The summed E-state index contributed by atoms with van der Waals surface area (Å²) in [5.41, 5.74) is 0. The van der Waals surface area contributed by atoms with Crippen LogP contribution >= 0.6 is 0 Å². The van der Waals surface area contributed by atoms with Crippen molar-refractivity contribution in [2.75, 3.05) is 13.2 Å². The third-order valence-electron chi connectivity index (χ3n) is 1.54. The van der Waals surface area contributed by atoms with E-state index in [4.69, 9.17) is 14.6 Å². The minimum absolute atomic E-state index is 0.352. The van der Waals surface area contributed by atoms with Gasteiger partial charge in [-0.05, 0) is 13.3 Å². The first-order chi connectivity index (χ1) is 6.22. The molecule has 0 saturated heterocycles. The number of hydrogen-bond donors (Lipinski definition) is 1. The second-order valence-corrected chi connectivity index (χ2v) is 2.70. The monoisotopic (exact) mass is 190 g/mol. The molecule has 4 nitrogen and oxygen atoms in total. The average molecular weight is 190 g/mol. The van der Waals surface area contributed by atoms with Gasteiger partial charge in [-0.2, -0.15) is 0 Å². The highest BCUT2D eigenvalue weighted by Gasteiger charge is 2.16. The van der Waals surface area contributed by atoms with Crippen molar-refractivity contribution < 1.29 is 19.4 Å². The first-order valence-electron chi connectivity index (χ1n) is 4.68. The molecule has 0 aliphatic heterocycles. The molecule has 78 valence electrons. The molecule has 0 rings (SSSR count). The fourth-order valence-electron chi connectivity index (χ4n) is 0.884. The fourth-order valence-corrected chi connectivity index (χ4v) is 0.884. The quantitative estimate of drug-likeness (QED) is 0.467. The summed E-state index contributed by atoms with van der Waals surface area (Å²) in [5.74, 6) is -1.06. The van der Waals surface area contributed by atoms with Crippen molar-refractivity contribution in [3.63, 3.8) is 0 Å². The van der Waals surface area contributed by atoms with E-state index in [0.29, 0.717) is 13.2 Å². The predicted molar refractivity (Wildman–Crippen MR) is 48.5 cm³/mol. The van der Waals surface area contributed by atoms with E-state index in [1.165, 1.54) is 0 Å². The Balaban J connectivity index is 3.51. The molecule has 0 aliphatic rings. The van der Waals surface area contributed by atoms with Crippen molar-refractivity contribution in [3.05, 3.63) is 0 Å². The van der Waals surface area contributed by atoms with Crippen LogP contribution in [0, 0.1) is 0 Å². The van der Waals surface area contributed by atoms with Crippen LogP contribution in [0.3, 0.4) is 0 Å². The van der Waals surface area contributed by atoms with Crippen molar-refractivity contribution in [1.82, 2.24) is 0 Å². The fraction of sp³-hybridized carbons (Fsp3) is 0.889. The number of rotatable bonds is 8. The molecular formula is C9H18O4. The number of carboxylic acid groups (broad SMARTS) is 1. The van der Waals surface area contributed by atoms with Crippen molar-refractivity contribution in [3.8, 4) is 0 Å². The van der Waals surface area contributed by atoms with Crippen LogP contribution < -0.4 is 0 Å². The lowest BCUT2D eigenvalue weighted by molar-refractivity contribution is -0.188. The maximum atomic E-state index is 10.5. The molecule has 1 unspecified atom stereocenters. The predicted octanol–water partition coefficient (Wildman–Crippen LogP) is 1.64. The van der Waals surface area contributed by atoms with Gasteiger partial charge in [0.05, 0.1) is 6.61 Å². The van der Waals surface area contributed by atoms with Crippen LogP contribution in [0.5, 0.6) is 0 Å². The van der Waals surface area contributed by atoms with Crippen molar-refractivity contribution in [2.45, 2.75) is 39.4 Å². The Bertz CT molecular complexity index is 136. The summed E-state index contributed by atoms with van der Waals surface area (Å²) in [6.07, 6.45) is 1.93. The second-order valence-electron chi connectivity index (χ2n) is 2.70. The van der Waals surface area contributed by atoms with Gasteiger partial charge in [0.15, 0.2) is 0 Å². The third kappa shape index (κ3) is 6.54. The molecule has 13 heavy (non-hydrogen) atoms. The van der Waals surface area contributed by atoms with E-state index in [-0.39, 0.29) is 0 Å². The van der Waals surface area contributed by atoms with E-state index < -0.39 is 12.3 Å². The van der Waals surface area contributed by atoms with Gasteiger partial charge < -0.3 is 14.6 Å². The van der Waals surface area contributed by atoms with Gasteiger partial charge in [-0.1, -0.05) is 19.8 Å². The number of unbranched alkanes of at least 4 members (excludes halogenated alkanes) is 2. The van der Waals surface area contributed by atoms with E-state index in [2.05, 4.69) is 6.92 Å². The lowest BCUT2D eigenvalue weighted by Gasteiger charge is -2.12. The summed E-state index contributed by atoms with van der Waals surface area (Å²) >= 11 is 0. The topological polar surface area (TPSA) is 55.8 Å². The highest BCUT2D eigenvalue weighted by molar-refractivity contribution is 5.70. The zero-order chi connectivity index (χ0) is 10.1. The molecule has 0 fully saturated rings. The summed E-state index contributed by atoms with van der Waals surface area (Å²) in [5, 5.41) is 8.61. The largest absolute Gasteiger partial charge is 0.477 e. The highest BCUT2D eigenvalue weighted by Crippen LogP contribution is 2.00. The lowest BCUT2D eigenvalue weighted by atomic mass is 10.3. The van der Waals surface area contributed by atoms with Crippen molar-refractivity contribution in [1.29, 1.82) is 0 Å². The van der Waals surface area contributed by atoms with Crippen LogP contribution in [0.15, 0.2) is 0 Å². The number of carboxylic acids is 1. The molecule has 1 N–H and O–H groups in total. The molecule has 0 aliphatic carbocycles. The molecule has 0 bridgehead atoms. The molecule has 0 aromatic heterocycles. The first kappa shape index (κ1) is 12.4. The Morgan fingerprint density at radius 2 is 2.00 bits per heavy atom. The zero-order valence-corrected chi connectivity index (χ0v) is 8.28. The van der Waals surface area contributed by atoms with Gasteiger partial charge in [0.25, 0.3) is 6.29 Å². The molecule has 0 amide bonds. The average Bonchev–Trinajstić information content (AvgIpc) is 2.10. The molecular weight excluding hydrogens is 172 g/mol. The van der Waals surface area contributed by atoms with Gasteiger partial charge in [-0.15, -0.1) is 0 Å². The van der Waals surface area contributed by atoms with Crippen LogP contribution in [0.2, 0.25) is 0 Å². The minimum Gasteiger partial charge on any atom is -0.477 e. The minimum atomic E-state index is -1.10. The van der Waals surface area contributed by atoms with Gasteiger partial charge in [0, 0.05) is 6.61 Å². The van der Waals surface area contributed by atoms with Crippen LogP contribution in [-0.4, -0.2) is 30.6 Å². The van der Waals surface area contributed by atoms with Gasteiger partial charge in [0.1, 0.15) is 0 Å². The maximum absolute atomic E-state index is 10.5. The van der Waals surface area contributed by atoms with Gasteiger partial charge in [-0.3, -0.25) is 0 Å². The van der Waals surface area contributed by atoms with E-state index in [0.717, 1.165) is 19.3 Å². The third-order valence-corrected chi connectivity index (χ3v) is 1.54. The Hall–Kier alpha value is -0.610. The summed E-state index contributed by atoms with van der Waals surface area (Å²) in [6.45, 7) is 4.62. The van der Waals surface area contributed by atoms with Crippen LogP contribution in [0.25, 0.3) is 0 Å². The van der Waals surface area contributed by atoms with E-state index >= 15 is 0 Å². The van der Waals surface area contributed by atoms with Crippen molar-refractivity contribution >= 4 is 5.97 Å². The lowest BCUT2D eigenvalue weighted by Crippen LogP contribution is -2.27. The molecule has 0 heterocycles. The smallest absolute Gasteiger partial charge is 0.361 e. The molecule has 0 saturated carbocycles. The van der Waals surface area contributed by atoms with Gasteiger partial charge in [-0.25, -0.2) is 4.79 Å². The Morgan fingerprint density at radius 3 is 2.46 bits per heavy atom. The zero-order valence-electron chi connectivity index (χ0n) is 8.28. The number of ether oxygens (including phenoxy) is 2. The Morgan fingerprint density at radius 1 is 1.31 bits per heavy atom. The standard InChI is InChI=1S/C9H18O4/c1-3-5-6-7-13-9(8(10)11)12-4-2/h9H,3-7H2,1-2H3,(H,10,11). The van der Waals surface area contributed by atoms with Gasteiger partial charge >= 0.3 is 5.97 Å². The van der Waals surface area contributed by atoms with Crippen LogP contribution in [0.4, 0.5) is 0 Å². The second kappa shape index (κ2) is 8.01. The van der Waals surface area contributed by atoms with Crippen LogP contribution in [-0.2, 0) is 14.3 Å². The maximum Gasteiger partial charge on any atom is 0.361 e. The summed E-state index contributed by atoms with van der Waals surface area (Å²) in [4.78, 5) is 10.5. The van der Waals surface area contributed by atoms with Crippen molar-refractivity contribution in [2.24, 2.45) is 0 Å². The molecule has 0 radical (unpaired) electrons. The summed E-state index contributed by atoms with van der Waals surface area (Å²) in [6, 6.07) is 0. The molecule has 0 aromatic carbocycles. The molecule has 0 aromatic rings. The van der Waals surface area contributed by atoms with E-state index in [1.807, 2.05) is 0 Å². The SMILES string of the molecule is CCCCCOC(OCC)C(=O)O. The Kier molecular flexibility index (Phi) is 7.63. The summed E-state index contributed by atoms with van der Waals surface area (Å²) in [7, 11) is 0. The number of hydrogen-bond acceptors (Lipinski definition) is 3. The molecule has 1 atom stereocenters. The number of carbonyl (C=O) groups is 1. The highest BCUT2D eigenvalue weighted by atomic mass is 16.7. The molecule has 0 spiro atoms. The van der Waals surface area contributed by atoms with Crippen LogP contribution in [0.1, 0.15) is 33.1 Å². The molecule has 4 heteroatoms. The van der Waals surface area contributed by atoms with E-state index in [1.54, 1.807) is 6.92 Å². The van der Waals surface area contributed by atoms with Gasteiger partial charge in [0.2, 0.25) is 0 Å². The first-order valence-corrected chi connectivity index (χ1v) is 4.68. The Labute approximate surface area is 78.8 Å². The summed E-state index contributed by atoms with van der Waals surface area (Å²) < 4.78 is 9.89.